The average molecular weight is 330 g/mol. The highest BCUT2D eigenvalue weighted by Gasteiger charge is 2.24. The third-order valence-electron chi connectivity index (χ3n) is 4.51. The largest absolute Gasteiger partial charge is 0.326 e. The highest BCUT2D eigenvalue weighted by Crippen LogP contribution is 2.29. The summed E-state index contributed by atoms with van der Waals surface area (Å²) in [6.07, 6.45) is 1.16. The van der Waals surface area contributed by atoms with Crippen LogP contribution in [0.4, 0.5) is 14.5 Å². The Bertz CT molecular complexity index is 748. The molecule has 3 nitrogen and oxygen atoms in total. The van der Waals surface area contributed by atoms with Crippen molar-refractivity contribution in [3.8, 4) is 0 Å². The number of carbonyl (C=O) groups is 1. The van der Waals surface area contributed by atoms with Crippen LogP contribution >= 0.6 is 0 Å². The highest BCUT2D eigenvalue weighted by molar-refractivity contribution is 5.90. The molecule has 126 valence electrons. The number of hydrogen-bond donors (Lipinski definition) is 1. The predicted octanol–water partition coefficient (Wildman–Crippen LogP) is 3.91. The zero-order valence-electron chi connectivity index (χ0n) is 13.6. The van der Waals surface area contributed by atoms with E-state index in [-0.39, 0.29) is 23.6 Å². The molecule has 1 atom stereocenters. The van der Waals surface area contributed by atoms with Gasteiger partial charge in [-0.15, -0.1) is 0 Å². The minimum Gasteiger partial charge on any atom is -0.326 e. The minimum absolute atomic E-state index is 0.0754. The van der Waals surface area contributed by atoms with Gasteiger partial charge in [-0.05, 0) is 54.8 Å². The Hall–Kier alpha value is -2.27. The molecule has 0 aliphatic carbocycles. The first-order chi connectivity index (χ1) is 11.5. The quantitative estimate of drug-likeness (QED) is 0.922. The number of carbonyl (C=O) groups excluding carboxylic acids is 1. The van der Waals surface area contributed by atoms with Crippen LogP contribution < -0.4 is 5.32 Å². The standard InChI is InChI=1S/C19H20F2N2O/c1-13-18-12-16(21)6-5-14(18)7-9-23(13)10-8-19(24)22-17-4-2-3-15(20)11-17/h2-6,11-13H,7-10H2,1H3,(H,22,24). The zero-order chi connectivity index (χ0) is 17.1. The third-order valence-corrected chi connectivity index (χ3v) is 4.51. The van der Waals surface area contributed by atoms with E-state index in [0.717, 1.165) is 18.5 Å². The van der Waals surface area contributed by atoms with Crippen LogP contribution in [0, 0.1) is 11.6 Å². The van der Waals surface area contributed by atoms with Gasteiger partial charge in [-0.2, -0.15) is 0 Å². The van der Waals surface area contributed by atoms with Gasteiger partial charge in [0.1, 0.15) is 11.6 Å². The molecule has 1 aliphatic heterocycles. The van der Waals surface area contributed by atoms with Crippen LogP contribution in [0.1, 0.15) is 30.5 Å². The smallest absolute Gasteiger partial charge is 0.225 e. The summed E-state index contributed by atoms with van der Waals surface area (Å²) in [6, 6.07) is 10.8. The van der Waals surface area contributed by atoms with Gasteiger partial charge in [-0.25, -0.2) is 8.78 Å². The average Bonchev–Trinajstić information content (AvgIpc) is 2.55. The maximum Gasteiger partial charge on any atom is 0.225 e. The van der Waals surface area contributed by atoms with Gasteiger partial charge in [0.05, 0.1) is 0 Å². The van der Waals surface area contributed by atoms with Crippen LogP contribution in [0.25, 0.3) is 0 Å². The number of amides is 1. The molecule has 0 radical (unpaired) electrons. The number of fused-ring (bicyclic) bond motifs is 1. The lowest BCUT2D eigenvalue weighted by molar-refractivity contribution is -0.116. The first kappa shape index (κ1) is 16.6. The second kappa shape index (κ2) is 7.09. The number of hydrogen-bond acceptors (Lipinski definition) is 2. The van der Waals surface area contributed by atoms with Gasteiger partial charge in [-0.1, -0.05) is 12.1 Å². The van der Waals surface area contributed by atoms with Gasteiger partial charge < -0.3 is 5.32 Å². The van der Waals surface area contributed by atoms with E-state index < -0.39 is 0 Å². The fourth-order valence-corrected chi connectivity index (χ4v) is 3.18. The molecule has 2 aromatic carbocycles. The Morgan fingerprint density at radius 1 is 1.21 bits per heavy atom. The molecule has 0 spiro atoms. The highest BCUT2D eigenvalue weighted by atomic mass is 19.1. The van der Waals surface area contributed by atoms with E-state index in [1.165, 1.54) is 23.8 Å². The maximum atomic E-state index is 13.5. The van der Waals surface area contributed by atoms with Crippen molar-refractivity contribution < 1.29 is 13.6 Å². The van der Waals surface area contributed by atoms with Gasteiger partial charge >= 0.3 is 0 Å². The van der Waals surface area contributed by atoms with Crippen molar-refractivity contribution >= 4 is 11.6 Å². The fourth-order valence-electron chi connectivity index (χ4n) is 3.18. The summed E-state index contributed by atoms with van der Waals surface area (Å²) < 4.78 is 26.6. The SMILES string of the molecule is CC1c2cc(F)ccc2CCN1CCC(=O)Nc1cccc(F)c1. The van der Waals surface area contributed by atoms with Crippen LogP contribution in [0.15, 0.2) is 42.5 Å². The molecule has 0 bridgehead atoms. The van der Waals surface area contributed by atoms with Crippen molar-refractivity contribution in [3.63, 3.8) is 0 Å². The lowest BCUT2D eigenvalue weighted by atomic mass is 9.93. The van der Waals surface area contributed by atoms with E-state index in [1.807, 2.05) is 13.0 Å². The first-order valence-corrected chi connectivity index (χ1v) is 8.11. The summed E-state index contributed by atoms with van der Waals surface area (Å²) >= 11 is 0. The molecule has 0 saturated heterocycles. The molecule has 1 aliphatic rings. The Balaban J connectivity index is 1.58. The van der Waals surface area contributed by atoms with E-state index in [9.17, 15) is 13.6 Å². The number of benzene rings is 2. The number of nitrogens with one attached hydrogen (secondary N) is 1. The fraction of sp³-hybridized carbons (Fsp3) is 0.316. The van der Waals surface area contributed by atoms with Gasteiger partial charge in [0.25, 0.3) is 0 Å². The lowest BCUT2D eigenvalue weighted by Crippen LogP contribution is -2.36. The van der Waals surface area contributed by atoms with Gasteiger partial charge in [0.2, 0.25) is 5.91 Å². The molecule has 5 heteroatoms. The lowest BCUT2D eigenvalue weighted by Gasteiger charge is -2.35. The van der Waals surface area contributed by atoms with Crippen molar-refractivity contribution in [2.45, 2.75) is 25.8 Å². The van der Waals surface area contributed by atoms with E-state index >= 15 is 0 Å². The van der Waals surface area contributed by atoms with Crippen LogP contribution in [-0.2, 0) is 11.2 Å². The topological polar surface area (TPSA) is 32.3 Å². The number of anilines is 1. The van der Waals surface area contributed by atoms with Crippen LogP contribution in [0.5, 0.6) is 0 Å². The summed E-state index contributed by atoms with van der Waals surface area (Å²) in [5, 5.41) is 2.70. The molecule has 2 aromatic rings. The van der Waals surface area contributed by atoms with E-state index in [4.69, 9.17) is 0 Å². The number of halogens is 2. The molecule has 24 heavy (non-hydrogen) atoms. The van der Waals surface area contributed by atoms with Gasteiger partial charge in [0.15, 0.2) is 0 Å². The van der Waals surface area contributed by atoms with Crippen LogP contribution in [0.3, 0.4) is 0 Å². The maximum absolute atomic E-state index is 13.5. The van der Waals surface area contributed by atoms with E-state index in [0.29, 0.717) is 18.7 Å². The summed E-state index contributed by atoms with van der Waals surface area (Å²) in [6.45, 7) is 3.45. The Morgan fingerprint density at radius 3 is 2.79 bits per heavy atom. The Kier molecular flexibility index (Phi) is 4.90. The molecule has 1 unspecified atom stereocenters. The molecular formula is C19H20F2N2O. The van der Waals surface area contributed by atoms with E-state index in [1.54, 1.807) is 18.2 Å². The molecule has 3 rings (SSSR count). The molecule has 0 aromatic heterocycles. The Labute approximate surface area is 140 Å². The summed E-state index contributed by atoms with van der Waals surface area (Å²) in [4.78, 5) is 14.2. The van der Waals surface area contributed by atoms with Gasteiger partial charge in [0, 0.05) is 31.2 Å². The van der Waals surface area contributed by atoms with Crippen molar-refractivity contribution in [1.29, 1.82) is 0 Å². The molecule has 1 amide bonds. The Morgan fingerprint density at radius 2 is 2.00 bits per heavy atom. The number of nitrogens with zero attached hydrogens (tertiary/aromatic N) is 1. The second-order valence-corrected chi connectivity index (χ2v) is 6.11. The first-order valence-electron chi connectivity index (χ1n) is 8.11. The molecule has 1 heterocycles. The monoisotopic (exact) mass is 330 g/mol. The summed E-state index contributed by atoms with van der Waals surface area (Å²) in [5.41, 5.74) is 2.62. The third kappa shape index (κ3) is 3.79. The molecular weight excluding hydrogens is 310 g/mol. The molecule has 0 fully saturated rings. The predicted molar refractivity (Wildman–Crippen MR) is 89.7 cm³/mol. The molecule has 0 saturated carbocycles. The van der Waals surface area contributed by atoms with Gasteiger partial charge in [-0.3, -0.25) is 9.69 Å². The van der Waals surface area contributed by atoms with Crippen molar-refractivity contribution in [2.75, 3.05) is 18.4 Å². The van der Waals surface area contributed by atoms with Crippen molar-refractivity contribution in [3.05, 3.63) is 65.2 Å². The summed E-state index contributed by atoms with van der Waals surface area (Å²) in [7, 11) is 0. The minimum atomic E-state index is -0.379. The van der Waals surface area contributed by atoms with Crippen LogP contribution in [-0.4, -0.2) is 23.9 Å². The van der Waals surface area contributed by atoms with E-state index in [2.05, 4.69) is 10.2 Å². The van der Waals surface area contributed by atoms with Crippen molar-refractivity contribution in [2.24, 2.45) is 0 Å². The normalized spacial score (nSPS) is 17.4. The van der Waals surface area contributed by atoms with Crippen LogP contribution in [0.2, 0.25) is 0 Å². The van der Waals surface area contributed by atoms with Crippen molar-refractivity contribution in [1.82, 2.24) is 4.90 Å². The summed E-state index contributed by atoms with van der Waals surface area (Å²) in [5.74, 6) is -0.764. The zero-order valence-corrected chi connectivity index (χ0v) is 13.6. The number of rotatable bonds is 4. The second-order valence-electron chi connectivity index (χ2n) is 6.11. The molecule has 1 N–H and O–H groups in total.